The minimum Gasteiger partial charge on any atom is -0.398 e. The van der Waals surface area contributed by atoms with E-state index in [4.69, 9.17) is 16.9 Å². The molecule has 0 saturated carbocycles. The van der Waals surface area contributed by atoms with Crippen molar-refractivity contribution in [2.45, 2.75) is 0 Å². The third-order valence-corrected chi connectivity index (χ3v) is 0.592. The first kappa shape index (κ1) is 6.17. The summed E-state index contributed by atoms with van der Waals surface area (Å²) in [6, 6.07) is 0. The van der Waals surface area contributed by atoms with E-state index in [1.54, 1.807) is 0 Å². The molecule has 3 nitrogen and oxygen atoms in total. The van der Waals surface area contributed by atoms with Crippen LogP contribution in [0.15, 0.2) is 12.3 Å². The van der Waals surface area contributed by atoms with Crippen LogP contribution in [0.3, 0.4) is 0 Å². The second-order valence-electron chi connectivity index (χ2n) is 1.21. The summed E-state index contributed by atoms with van der Waals surface area (Å²) in [5, 5.41) is 6.84. The van der Waals surface area contributed by atoms with Crippen LogP contribution in [0.1, 0.15) is 0 Å². The Hall–Kier alpha value is -0.830. The predicted octanol–water partition coefficient (Wildman–Crippen LogP) is -0.563. The first-order valence-corrected chi connectivity index (χ1v) is 1.90. The Morgan fingerprint density at radius 3 is 2.14 bits per heavy atom. The number of rotatable bonds is 2. The van der Waals surface area contributed by atoms with Crippen molar-refractivity contribution < 1.29 is 0 Å². The zero-order valence-electron chi connectivity index (χ0n) is 4.07. The first-order valence-electron chi connectivity index (χ1n) is 1.90. The molecule has 0 aromatic heterocycles. The highest BCUT2D eigenvalue weighted by molar-refractivity contribution is 5.97. The van der Waals surface area contributed by atoms with Gasteiger partial charge in [0.1, 0.15) is 0 Å². The van der Waals surface area contributed by atoms with E-state index in [0.717, 1.165) is 0 Å². The van der Waals surface area contributed by atoms with Crippen LogP contribution in [0.25, 0.3) is 0 Å². The van der Waals surface area contributed by atoms with Gasteiger partial charge in [-0.15, -0.1) is 0 Å². The quantitative estimate of drug-likeness (QED) is 0.406. The molecule has 0 rings (SSSR count). The Morgan fingerprint density at radius 2 is 2.14 bits per heavy atom. The molecule has 0 unspecified atom stereocenters. The van der Waals surface area contributed by atoms with Crippen LogP contribution in [0.5, 0.6) is 0 Å². The molecular formula is C4H9N3. The van der Waals surface area contributed by atoms with Crippen LogP contribution in [0.2, 0.25) is 0 Å². The molecule has 0 aromatic rings. The van der Waals surface area contributed by atoms with Gasteiger partial charge in [0, 0.05) is 12.2 Å². The van der Waals surface area contributed by atoms with Crippen molar-refractivity contribution in [3.05, 3.63) is 12.3 Å². The van der Waals surface area contributed by atoms with Gasteiger partial charge in [-0.05, 0) is 0 Å². The summed E-state index contributed by atoms with van der Waals surface area (Å²) in [6.45, 7) is 3.48. The first-order chi connectivity index (χ1) is 3.18. The summed E-state index contributed by atoms with van der Waals surface area (Å²) < 4.78 is 0. The Bertz CT molecular complexity index is 95.1. The topological polar surface area (TPSA) is 75.9 Å². The van der Waals surface area contributed by atoms with Gasteiger partial charge in [-0.1, -0.05) is 6.58 Å². The van der Waals surface area contributed by atoms with Crippen molar-refractivity contribution in [3.63, 3.8) is 0 Å². The summed E-state index contributed by atoms with van der Waals surface area (Å²) in [7, 11) is 0. The molecule has 0 heterocycles. The molecule has 0 aliphatic rings. The molecule has 0 aromatic carbocycles. The monoisotopic (exact) mass is 99.1 g/mol. The van der Waals surface area contributed by atoms with Crippen molar-refractivity contribution in [1.29, 1.82) is 5.41 Å². The van der Waals surface area contributed by atoms with Gasteiger partial charge in [0.05, 0.1) is 5.71 Å². The van der Waals surface area contributed by atoms with E-state index >= 15 is 0 Å². The highest BCUT2D eigenvalue weighted by Gasteiger charge is 1.89. The molecule has 3 heteroatoms. The molecule has 5 N–H and O–H groups in total. The summed E-state index contributed by atoms with van der Waals surface area (Å²) >= 11 is 0. The van der Waals surface area contributed by atoms with Crippen molar-refractivity contribution in [2.75, 3.05) is 6.54 Å². The molecule has 0 atom stereocenters. The second-order valence-corrected chi connectivity index (χ2v) is 1.21. The average Bonchev–Trinajstić information content (AvgIpc) is 1.65. The van der Waals surface area contributed by atoms with Gasteiger partial charge in [0.2, 0.25) is 0 Å². The van der Waals surface area contributed by atoms with Crippen LogP contribution in [0.4, 0.5) is 0 Å². The van der Waals surface area contributed by atoms with E-state index in [1.165, 1.54) is 0 Å². The second kappa shape index (κ2) is 2.36. The van der Waals surface area contributed by atoms with Gasteiger partial charge in [0.25, 0.3) is 0 Å². The molecular weight excluding hydrogens is 90.1 g/mol. The average molecular weight is 99.1 g/mol. The number of nitrogens with one attached hydrogen (secondary N) is 1. The lowest BCUT2D eigenvalue weighted by atomic mass is 10.3. The fourth-order valence-electron chi connectivity index (χ4n) is 0.131. The fourth-order valence-corrected chi connectivity index (χ4v) is 0.131. The number of hydrogen-bond acceptors (Lipinski definition) is 3. The molecule has 0 amide bonds. The summed E-state index contributed by atoms with van der Waals surface area (Å²) in [5.41, 5.74) is 10.5. The molecule has 40 valence electrons. The third-order valence-electron chi connectivity index (χ3n) is 0.592. The molecule has 7 heavy (non-hydrogen) atoms. The van der Waals surface area contributed by atoms with E-state index in [-0.39, 0.29) is 18.0 Å². The molecule has 0 aliphatic carbocycles. The van der Waals surface area contributed by atoms with Gasteiger partial charge in [-0.25, -0.2) is 0 Å². The highest BCUT2D eigenvalue weighted by atomic mass is 14.7. The van der Waals surface area contributed by atoms with Gasteiger partial charge in [-0.3, -0.25) is 0 Å². The fraction of sp³-hybridized carbons (Fsp3) is 0.250. The van der Waals surface area contributed by atoms with E-state index in [2.05, 4.69) is 6.58 Å². The highest BCUT2D eigenvalue weighted by Crippen LogP contribution is 1.75. The summed E-state index contributed by atoms with van der Waals surface area (Å²) in [4.78, 5) is 0. The standard InChI is InChI=1S/C4H9N3/c1-3(6)4(7)2-5/h7H,1-2,5-6H2. The molecule has 0 fully saturated rings. The maximum Gasteiger partial charge on any atom is 0.0672 e. The van der Waals surface area contributed by atoms with Crippen LogP contribution < -0.4 is 11.5 Å². The largest absolute Gasteiger partial charge is 0.398 e. The van der Waals surface area contributed by atoms with E-state index < -0.39 is 0 Å². The summed E-state index contributed by atoms with van der Waals surface area (Å²) in [6.07, 6.45) is 0. The van der Waals surface area contributed by atoms with Gasteiger partial charge >= 0.3 is 0 Å². The molecule has 0 saturated heterocycles. The van der Waals surface area contributed by atoms with E-state index in [0.29, 0.717) is 0 Å². The minimum absolute atomic E-state index is 0.176. The van der Waals surface area contributed by atoms with E-state index in [9.17, 15) is 0 Å². The SMILES string of the molecule is C=C(N)C(=N)CN. The molecule has 0 bridgehead atoms. The summed E-state index contributed by atoms with van der Waals surface area (Å²) in [5.74, 6) is 0. The van der Waals surface area contributed by atoms with E-state index in [1.807, 2.05) is 0 Å². The third kappa shape index (κ3) is 1.94. The smallest absolute Gasteiger partial charge is 0.0672 e. The molecule has 0 aliphatic heterocycles. The predicted molar refractivity (Wildman–Crippen MR) is 30.1 cm³/mol. The number of hydrogen-bond donors (Lipinski definition) is 3. The Balaban J connectivity index is 3.58. The van der Waals surface area contributed by atoms with Crippen LogP contribution >= 0.6 is 0 Å². The normalized spacial score (nSPS) is 8.14. The maximum atomic E-state index is 6.84. The zero-order valence-corrected chi connectivity index (χ0v) is 4.07. The van der Waals surface area contributed by atoms with Gasteiger partial charge in [0.15, 0.2) is 0 Å². The van der Waals surface area contributed by atoms with Crippen LogP contribution in [-0.2, 0) is 0 Å². The Labute approximate surface area is 42.5 Å². The molecule has 0 radical (unpaired) electrons. The maximum absolute atomic E-state index is 6.84. The lowest BCUT2D eigenvalue weighted by molar-refractivity contribution is 1.24. The Kier molecular flexibility index (Phi) is 2.08. The lowest BCUT2D eigenvalue weighted by Crippen LogP contribution is -2.18. The van der Waals surface area contributed by atoms with Crippen molar-refractivity contribution in [1.82, 2.24) is 0 Å². The van der Waals surface area contributed by atoms with Gasteiger partial charge < -0.3 is 16.9 Å². The minimum atomic E-state index is 0.176. The Morgan fingerprint density at radius 1 is 1.71 bits per heavy atom. The van der Waals surface area contributed by atoms with Crippen molar-refractivity contribution in [2.24, 2.45) is 11.5 Å². The zero-order chi connectivity index (χ0) is 5.86. The van der Waals surface area contributed by atoms with Crippen molar-refractivity contribution in [3.8, 4) is 0 Å². The van der Waals surface area contributed by atoms with Crippen molar-refractivity contribution >= 4 is 5.71 Å². The number of nitrogens with two attached hydrogens (primary N) is 2. The van der Waals surface area contributed by atoms with Crippen LogP contribution in [-0.4, -0.2) is 12.3 Å². The lowest BCUT2D eigenvalue weighted by Gasteiger charge is -1.93. The van der Waals surface area contributed by atoms with Crippen LogP contribution in [0, 0.1) is 5.41 Å². The molecule has 0 spiro atoms. The van der Waals surface area contributed by atoms with Gasteiger partial charge in [-0.2, -0.15) is 0 Å².